The monoisotopic (exact) mass is 245 g/mol. The molecule has 1 aliphatic heterocycles. The van der Waals surface area contributed by atoms with E-state index in [0.29, 0.717) is 13.0 Å². The average molecular weight is 245 g/mol. The van der Waals surface area contributed by atoms with Crippen molar-refractivity contribution >= 4 is 12.4 Å². The summed E-state index contributed by atoms with van der Waals surface area (Å²) in [6.07, 6.45) is -0.144. The molecule has 5 heteroatoms. The van der Waals surface area contributed by atoms with Gasteiger partial charge in [0.05, 0.1) is 6.54 Å². The summed E-state index contributed by atoms with van der Waals surface area (Å²) in [5.41, 5.74) is -0.567. The van der Waals surface area contributed by atoms with Crippen LogP contribution in [0.15, 0.2) is 0 Å². The van der Waals surface area contributed by atoms with Crippen LogP contribution in [0.1, 0.15) is 33.6 Å². The Bertz CT molecular complexity index is 288. The summed E-state index contributed by atoms with van der Waals surface area (Å²) in [4.78, 5) is 23.4. The van der Waals surface area contributed by atoms with Crippen molar-refractivity contribution in [3.63, 3.8) is 0 Å². The minimum atomic E-state index is -1.14. The van der Waals surface area contributed by atoms with E-state index in [2.05, 4.69) is 0 Å². The van der Waals surface area contributed by atoms with Crippen molar-refractivity contribution < 1.29 is 18.7 Å². The van der Waals surface area contributed by atoms with Gasteiger partial charge in [0.15, 0.2) is 0 Å². The molecule has 1 aliphatic rings. The second-order valence-corrected chi connectivity index (χ2v) is 5.39. The van der Waals surface area contributed by atoms with Gasteiger partial charge in [-0.05, 0) is 27.2 Å². The SMILES string of the molecule is CC(C)(C)OC(=O)N1CC[C@@H](CC=O)[C@@H](F)C1. The van der Waals surface area contributed by atoms with Crippen LogP contribution in [-0.4, -0.2) is 42.1 Å². The normalized spacial score (nSPS) is 25.5. The second kappa shape index (κ2) is 5.47. The van der Waals surface area contributed by atoms with Crippen molar-refractivity contribution in [2.75, 3.05) is 13.1 Å². The number of aldehydes is 1. The first-order valence-electron chi connectivity index (χ1n) is 5.89. The number of hydrogen-bond donors (Lipinski definition) is 0. The fourth-order valence-electron chi connectivity index (χ4n) is 1.83. The third-order valence-electron chi connectivity index (χ3n) is 2.73. The van der Waals surface area contributed by atoms with Gasteiger partial charge in [-0.2, -0.15) is 0 Å². The Hall–Kier alpha value is -1.13. The van der Waals surface area contributed by atoms with Gasteiger partial charge >= 0.3 is 6.09 Å². The van der Waals surface area contributed by atoms with Gasteiger partial charge in [-0.25, -0.2) is 9.18 Å². The molecular weight excluding hydrogens is 225 g/mol. The molecule has 0 aromatic carbocycles. The smallest absolute Gasteiger partial charge is 0.410 e. The van der Waals surface area contributed by atoms with E-state index in [-0.39, 0.29) is 18.9 Å². The van der Waals surface area contributed by atoms with Crippen LogP contribution in [-0.2, 0) is 9.53 Å². The van der Waals surface area contributed by atoms with Crippen LogP contribution in [0, 0.1) is 5.92 Å². The van der Waals surface area contributed by atoms with Gasteiger partial charge in [0.25, 0.3) is 0 Å². The first kappa shape index (κ1) is 13.9. The summed E-state index contributed by atoms with van der Waals surface area (Å²) in [6.45, 7) is 5.80. The molecule has 1 fully saturated rings. The molecule has 1 amide bonds. The number of ether oxygens (including phenoxy) is 1. The summed E-state index contributed by atoms with van der Waals surface area (Å²) < 4.78 is 18.8. The topological polar surface area (TPSA) is 46.6 Å². The highest BCUT2D eigenvalue weighted by Crippen LogP contribution is 2.24. The molecule has 17 heavy (non-hydrogen) atoms. The highest BCUT2D eigenvalue weighted by molar-refractivity contribution is 5.68. The van der Waals surface area contributed by atoms with Gasteiger partial charge in [-0.3, -0.25) is 0 Å². The lowest BCUT2D eigenvalue weighted by atomic mass is 9.92. The molecule has 0 bridgehead atoms. The van der Waals surface area contributed by atoms with Crippen LogP contribution < -0.4 is 0 Å². The molecule has 1 rings (SSSR count). The van der Waals surface area contributed by atoms with E-state index in [9.17, 15) is 14.0 Å². The molecule has 0 radical (unpaired) electrons. The molecule has 1 heterocycles. The van der Waals surface area contributed by atoms with Crippen molar-refractivity contribution in [2.45, 2.75) is 45.4 Å². The summed E-state index contributed by atoms with van der Waals surface area (Å²) in [6, 6.07) is 0. The molecule has 0 N–H and O–H groups in total. The third kappa shape index (κ3) is 4.32. The standard InChI is InChI=1S/C12H20FNO3/c1-12(2,3)17-11(16)14-6-4-9(5-7-15)10(13)8-14/h7,9-10H,4-6,8H2,1-3H3/t9-,10-/m0/s1. The van der Waals surface area contributed by atoms with Crippen molar-refractivity contribution in [2.24, 2.45) is 5.92 Å². The quantitative estimate of drug-likeness (QED) is 0.700. The number of amides is 1. The van der Waals surface area contributed by atoms with E-state index in [4.69, 9.17) is 4.74 Å². The van der Waals surface area contributed by atoms with Crippen LogP contribution in [0.5, 0.6) is 0 Å². The van der Waals surface area contributed by atoms with Crippen LogP contribution in [0.4, 0.5) is 9.18 Å². The summed E-state index contributed by atoms with van der Waals surface area (Å²) in [7, 11) is 0. The van der Waals surface area contributed by atoms with E-state index in [1.54, 1.807) is 20.8 Å². The number of carbonyl (C=O) groups excluding carboxylic acids is 2. The molecule has 0 saturated carbocycles. The molecule has 0 aromatic rings. The summed E-state index contributed by atoms with van der Waals surface area (Å²) in [5, 5.41) is 0. The maximum atomic E-state index is 13.7. The van der Waals surface area contributed by atoms with E-state index < -0.39 is 17.9 Å². The zero-order chi connectivity index (χ0) is 13.1. The third-order valence-corrected chi connectivity index (χ3v) is 2.73. The Labute approximate surface area is 101 Å². The Balaban J connectivity index is 2.49. The van der Waals surface area contributed by atoms with Crippen molar-refractivity contribution in [1.82, 2.24) is 4.90 Å². The van der Waals surface area contributed by atoms with Gasteiger partial charge < -0.3 is 14.4 Å². The van der Waals surface area contributed by atoms with Crippen molar-refractivity contribution in [3.8, 4) is 0 Å². The van der Waals surface area contributed by atoms with E-state index in [1.165, 1.54) is 4.90 Å². The van der Waals surface area contributed by atoms with Crippen LogP contribution in [0.2, 0.25) is 0 Å². The summed E-state index contributed by atoms with van der Waals surface area (Å²) in [5.74, 6) is -0.258. The van der Waals surface area contributed by atoms with Gasteiger partial charge in [0.1, 0.15) is 18.1 Å². The van der Waals surface area contributed by atoms with Gasteiger partial charge in [-0.1, -0.05) is 0 Å². The van der Waals surface area contributed by atoms with Crippen molar-refractivity contribution in [3.05, 3.63) is 0 Å². The van der Waals surface area contributed by atoms with Gasteiger partial charge in [0, 0.05) is 18.9 Å². The average Bonchev–Trinajstić information content (AvgIpc) is 2.18. The molecule has 2 atom stereocenters. The maximum Gasteiger partial charge on any atom is 0.410 e. The molecule has 98 valence electrons. The highest BCUT2D eigenvalue weighted by atomic mass is 19.1. The predicted molar refractivity (Wildman–Crippen MR) is 61.5 cm³/mol. The number of piperidine rings is 1. The number of halogens is 1. The molecular formula is C12H20FNO3. The Kier molecular flexibility index (Phi) is 4.48. The molecule has 0 aromatic heterocycles. The number of likely N-dealkylation sites (tertiary alicyclic amines) is 1. The van der Waals surface area contributed by atoms with Gasteiger partial charge in [-0.15, -0.1) is 0 Å². The highest BCUT2D eigenvalue weighted by Gasteiger charge is 2.33. The largest absolute Gasteiger partial charge is 0.444 e. The number of rotatable bonds is 2. The lowest BCUT2D eigenvalue weighted by molar-refractivity contribution is -0.109. The second-order valence-electron chi connectivity index (χ2n) is 5.39. The van der Waals surface area contributed by atoms with Crippen LogP contribution >= 0.6 is 0 Å². The van der Waals surface area contributed by atoms with Crippen LogP contribution in [0.3, 0.4) is 0 Å². The maximum absolute atomic E-state index is 13.7. The van der Waals surface area contributed by atoms with Crippen molar-refractivity contribution in [1.29, 1.82) is 0 Å². The summed E-state index contributed by atoms with van der Waals surface area (Å²) >= 11 is 0. The van der Waals surface area contributed by atoms with Crippen LogP contribution in [0.25, 0.3) is 0 Å². The fourth-order valence-corrected chi connectivity index (χ4v) is 1.83. The van der Waals surface area contributed by atoms with E-state index in [0.717, 1.165) is 6.29 Å². The van der Waals surface area contributed by atoms with Gasteiger partial charge in [0.2, 0.25) is 0 Å². The van der Waals surface area contributed by atoms with E-state index in [1.807, 2.05) is 0 Å². The first-order chi connectivity index (χ1) is 7.83. The minimum Gasteiger partial charge on any atom is -0.444 e. The number of alkyl halides is 1. The number of nitrogens with zero attached hydrogens (tertiary/aromatic N) is 1. The molecule has 0 spiro atoms. The molecule has 0 aliphatic carbocycles. The number of hydrogen-bond acceptors (Lipinski definition) is 3. The first-order valence-corrected chi connectivity index (χ1v) is 5.89. The predicted octanol–water partition coefficient (Wildman–Crippen LogP) is 2.17. The number of carbonyl (C=O) groups is 2. The Morgan fingerprint density at radius 2 is 2.18 bits per heavy atom. The molecule has 0 unspecified atom stereocenters. The Morgan fingerprint density at radius 3 is 2.65 bits per heavy atom. The zero-order valence-corrected chi connectivity index (χ0v) is 10.6. The molecule has 1 saturated heterocycles. The lowest BCUT2D eigenvalue weighted by Crippen LogP contribution is -2.46. The lowest BCUT2D eigenvalue weighted by Gasteiger charge is -2.35. The minimum absolute atomic E-state index is 0.0212. The fraction of sp³-hybridized carbons (Fsp3) is 0.833. The Morgan fingerprint density at radius 1 is 1.53 bits per heavy atom. The van der Waals surface area contributed by atoms with E-state index >= 15 is 0 Å². The zero-order valence-electron chi connectivity index (χ0n) is 10.6. The molecule has 4 nitrogen and oxygen atoms in total.